The molecule has 0 spiro atoms. The minimum Gasteiger partial charge on any atom is -0.490 e. The molecule has 31 heavy (non-hydrogen) atoms. The Morgan fingerprint density at radius 2 is 1.52 bits per heavy atom. The van der Waals surface area contributed by atoms with Crippen LogP contribution in [0.25, 0.3) is 0 Å². The first-order chi connectivity index (χ1) is 14.9. The summed E-state index contributed by atoms with van der Waals surface area (Å²) in [5.41, 5.74) is 0.0947. The second-order valence-electron chi connectivity index (χ2n) is 7.26. The molecular weight excluding hydrogens is 429 g/mol. The van der Waals surface area contributed by atoms with Crippen LogP contribution in [0.15, 0.2) is 54.7 Å². The standard InChI is InChI=1S/C22H20ClF3N4O/c23-14-5-7-15(8-6-14)28-20-19(22(24,25)26)13-27-21(30-20)29-16-9-11-18(12-10-16)31-17-3-1-2-4-17/h5-13,17H,1-4H2,(H2,27,28,29,30). The van der Waals surface area contributed by atoms with Crippen LogP contribution in [0.3, 0.4) is 0 Å². The fourth-order valence-corrected chi connectivity index (χ4v) is 3.49. The third-order valence-corrected chi connectivity index (χ3v) is 5.17. The number of ether oxygens (including phenoxy) is 1. The Labute approximate surface area is 182 Å². The highest BCUT2D eigenvalue weighted by Gasteiger charge is 2.35. The average Bonchev–Trinajstić information content (AvgIpc) is 3.24. The van der Waals surface area contributed by atoms with E-state index in [2.05, 4.69) is 20.6 Å². The fraction of sp³-hybridized carbons (Fsp3) is 0.273. The third-order valence-electron chi connectivity index (χ3n) is 4.92. The molecule has 1 fully saturated rings. The number of benzene rings is 2. The zero-order valence-corrected chi connectivity index (χ0v) is 17.2. The summed E-state index contributed by atoms with van der Waals surface area (Å²) in [7, 11) is 0. The number of aromatic nitrogens is 2. The number of hydrogen-bond donors (Lipinski definition) is 2. The monoisotopic (exact) mass is 448 g/mol. The Balaban J connectivity index is 1.52. The van der Waals surface area contributed by atoms with Crippen molar-refractivity contribution in [1.82, 2.24) is 9.97 Å². The van der Waals surface area contributed by atoms with Crippen molar-refractivity contribution in [3.05, 3.63) is 65.3 Å². The van der Waals surface area contributed by atoms with Crippen LogP contribution in [0.5, 0.6) is 5.75 Å². The zero-order chi connectivity index (χ0) is 21.8. The second-order valence-corrected chi connectivity index (χ2v) is 7.70. The lowest BCUT2D eigenvalue weighted by Crippen LogP contribution is -2.12. The van der Waals surface area contributed by atoms with Crippen molar-refractivity contribution < 1.29 is 17.9 Å². The molecule has 0 aliphatic heterocycles. The van der Waals surface area contributed by atoms with Gasteiger partial charge in [0.05, 0.1) is 6.10 Å². The van der Waals surface area contributed by atoms with Gasteiger partial charge in [-0.3, -0.25) is 0 Å². The normalized spacial score (nSPS) is 14.5. The Hall–Kier alpha value is -3.00. The van der Waals surface area contributed by atoms with E-state index in [1.807, 2.05) is 12.1 Å². The summed E-state index contributed by atoms with van der Waals surface area (Å²) in [6, 6.07) is 13.5. The Bertz CT molecular complexity index is 1020. The molecule has 1 aromatic heterocycles. The molecule has 5 nitrogen and oxygen atoms in total. The molecule has 0 amide bonds. The van der Waals surface area contributed by atoms with Crippen LogP contribution in [0.2, 0.25) is 5.02 Å². The smallest absolute Gasteiger partial charge is 0.421 e. The first kappa shape index (κ1) is 21.2. The molecule has 162 valence electrons. The van der Waals surface area contributed by atoms with Gasteiger partial charge in [0.2, 0.25) is 5.95 Å². The van der Waals surface area contributed by atoms with Gasteiger partial charge in [-0.15, -0.1) is 0 Å². The van der Waals surface area contributed by atoms with E-state index in [1.165, 1.54) is 12.8 Å². The molecule has 0 bridgehead atoms. The Morgan fingerprint density at radius 1 is 0.903 bits per heavy atom. The molecule has 1 heterocycles. The van der Waals surface area contributed by atoms with Gasteiger partial charge in [0.1, 0.15) is 17.1 Å². The van der Waals surface area contributed by atoms with Crippen LogP contribution in [0.4, 0.5) is 36.3 Å². The van der Waals surface area contributed by atoms with Crippen molar-refractivity contribution in [2.24, 2.45) is 0 Å². The predicted molar refractivity (Wildman–Crippen MR) is 114 cm³/mol. The van der Waals surface area contributed by atoms with Gasteiger partial charge in [0, 0.05) is 22.6 Å². The minimum absolute atomic E-state index is 0.0360. The van der Waals surface area contributed by atoms with E-state index in [-0.39, 0.29) is 17.9 Å². The number of anilines is 4. The van der Waals surface area contributed by atoms with Crippen LogP contribution in [0.1, 0.15) is 31.2 Å². The topological polar surface area (TPSA) is 59.1 Å². The molecule has 3 aromatic rings. The summed E-state index contributed by atoms with van der Waals surface area (Å²) in [5.74, 6) is 0.443. The lowest BCUT2D eigenvalue weighted by atomic mass is 10.2. The zero-order valence-electron chi connectivity index (χ0n) is 16.4. The fourth-order valence-electron chi connectivity index (χ4n) is 3.36. The number of rotatable bonds is 6. The summed E-state index contributed by atoms with van der Waals surface area (Å²) in [6.45, 7) is 0. The quantitative estimate of drug-likeness (QED) is 0.427. The highest BCUT2D eigenvalue weighted by molar-refractivity contribution is 6.30. The molecule has 9 heteroatoms. The van der Waals surface area contributed by atoms with E-state index < -0.39 is 11.7 Å². The predicted octanol–water partition coefficient (Wildman–Crippen LogP) is 6.96. The van der Waals surface area contributed by atoms with Crippen molar-refractivity contribution in [2.75, 3.05) is 10.6 Å². The number of nitrogens with zero attached hydrogens (tertiary/aromatic N) is 2. The molecule has 0 radical (unpaired) electrons. The van der Waals surface area contributed by atoms with E-state index in [1.54, 1.807) is 36.4 Å². The molecule has 2 aromatic carbocycles. The molecule has 2 N–H and O–H groups in total. The highest BCUT2D eigenvalue weighted by atomic mass is 35.5. The highest BCUT2D eigenvalue weighted by Crippen LogP contribution is 2.35. The molecule has 4 rings (SSSR count). The van der Waals surface area contributed by atoms with Gasteiger partial charge < -0.3 is 15.4 Å². The van der Waals surface area contributed by atoms with Crippen LogP contribution in [0, 0.1) is 0 Å². The third kappa shape index (κ3) is 5.58. The van der Waals surface area contributed by atoms with Crippen molar-refractivity contribution in [3.63, 3.8) is 0 Å². The first-order valence-corrected chi connectivity index (χ1v) is 10.3. The van der Waals surface area contributed by atoms with Gasteiger partial charge in [0.25, 0.3) is 0 Å². The summed E-state index contributed by atoms with van der Waals surface area (Å²) in [4.78, 5) is 7.87. The van der Waals surface area contributed by atoms with E-state index >= 15 is 0 Å². The van der Waals surface area contributed by atoms with E-state index in [9.17, 15) is 13.2 Å². The lowest BCUT2D eigenvalue weighted by Gasteiger charge is -2.15. The maximum atomic E-state index is 13.4. The molecule has 0 atom stereocenters. The van der Waals surface area contributed by atoms with Gasteiger partial charge in [0.15, 0.2) is 0 Å². The minimum atomic E-state index is -4.60. The number of alkyl halides is 3. The molecule has 0 saturated heterocycles. The first-order valence-electron chi connectivity index (χ1n) is 9.87. The SMILES string of the molecule is FC(F)(F)c1cnc(Nc2ccc(OC3CCCC3)cc2)nc1Nc1ccc(Cl)cc1. The summed E-state index contributed by atoms with van der Waals surface area (Å²) in [5, 5.41) is 6.10. The average molecular weight is 449 g/mol. The lowest BCUT2D eigenvalue weighted by molar-refractivity contribution is -0.137. The summed E-state index contributed by atoms with van der Waals surface area (Å²) in [6.07, 6.45) is 0.881. The summed E-state index contributed by atoms with van der Waals surface area (Å²) >= 11 is 5.84. The van der Waals surface area contributed by atoms with Gasteiger partial charge in [-0.2, -0.15) is 18.2 Å². The molecule has 1 aliphatic carbocycles. The van der Waals surface area contributed by atoms with Crippen LogP contribution >= 0.6 is 11.6 Å². The molecule has 1 aliphatic rings. The van der Waals surface area contributed by atoms with Crippen LogP contribution in [-0.4, -0.2) is 16.1 Å². The Kier molecular flexibility index (Phi) is 6.18. The van der Waals surface area contributed by atoms with Gasteiger partial charge in [-0.1, -0.05) is 11.6 Å². The molecular formula is C22H20ClF3N4O. The van der Waals surface area contributed by atoms with Gasteiger partial charge in [-0.05, 0) is 74.2 Å². The van der Waals surface area contributed by atoms with Gasteiger partial charge >= 0.3 is 6.18 Å². The van der Waals surface area contributed by atoms with Gasteiger partial charge in [-0.25, -0.2) is 4.98 Å². The van der Waals surface area contributed by atoms with E-state index in [0.717, 1.165) is 24.8 Å². The number of hydrogen-bond acceptors (Lipinski definition) is 5. The maximum absolute atomic E-state index is 13.4. The molecule has 1 saturated carbocycles. The van der Waals surface area contributed by atoms with Crippen molar-refractivity contribution in [1.29, 1.82) is 0 Å². The largest absolute Gasteiger partial charge is 0.490 e. The summed E-state index contributed by atoms with van der Waals surface area (Å²) < 4.78 is 46.2. The number of nitrogens with one attached hydrogen (secondary N) is 2. The molecule has 0 unspecified atom stereocenters. The van der Waals surface area contributed by atoms with Crippen LogP contribution < -0.4 is 15.4 Å². The Morgan fingerprint density at radius 3 is 2.16 bits per heavy atom. The second kappa shape index (κ2) is 9.01. The van der Waals surface area contributed by atoms with E-state index in [4.69, 9.17) is 16.3 Å². The van der Waals surface area contributed by atoms with Crippen molar-refractivity contribution in [2.45, 2.75) is 38.0 Å². The van der Waals surface area contributed by atoms with E-state index in [0.29, 0.717) is 16.4 Å². The van der Waals surface area contributed by atoms with Crippen molar-refractivity contribution in [3.8, 4) is 5.75 Å². The van der Waals surface area contributed by atoms with Crippen LogP contribution in [-0.2, 0) is 6.18 Å². The number of halogens is 4. The maximum Gasteiger partial charge on any atom is 0.421 e. The van der Waals surface area contributed by atoms with Crippen molar-refractivity contribution >= 4 is 34.7 Å².